The molecule has 0 saturated heterocycles. The van der Waals surface area contributed by atoms with E-state index in [-0.39, 0.29) is 9.52 Å². The number of allylic oxidation sites excluding steroid dienone is 1. The van der Waals surface area contributed by atoms with Gasteiger partial charge in [-0.3, -0.25) is 0 Å². The highest BCUT2D eigenvalue weighted by molar-refractivity contribution is 6.58. The van der Waals surface area contributed by atoms with Crippen LogP contribution in [0.3, 0.4) is 0 Å². The average Bonchev–Trinajstić information content (AvgIpc) is 2.19. The van der Waals surface area contributed by atoms with Gasteiger partial charge in [-0.05, 0) is 18.6 Å². The van der Waals surface area contributed by atoms with Crippen molar-refractivity contribution in [2.75, 3.05) is 0 Å². The van der Waals surface area contributed by atoms with E-state index >= 15 is 0 Å². The Kier molecular flexibility index (Phi) is 4.08. The fraction of sp³-hybridized carbons (Fsp3) is 0.167. The molecule has 0 radical (unpaired) electrons. The molecule has 1 rings (SSSR count). The van der Waals surface area contributed by atoms with Gasteiger partial charge in [0.15, 0.2) is 0 Å². The Bertz CT molecular complexity index is 331. The first-order valence-corrected chi connectivity index (χ1v) is 6.09. The van der Waals surface area contributed by atoms with Crippen LogP contribution in [0, 0.1) is 12.3 Å². The monoisotopic (exact) mass is 186 g/mol. The minimum atomic E-state index is -0.229. The van der Waals surface area contributed by atoms with Crippen LogP contribution in [-0.2, 0) is 0 Å². The highest BCUT2D eigenvalue weighted by Crippen LogP contribution is 1.92. The first kappa shape index (κ1) is 9.82. The third kappa shape index (κ3) is 3.31. The number of rotatable bonds is 3. The van der Waals surface area contributed by atoms with E-state index in [1.807, 2.05) is 12.1 Å². The van der Waals surface area contributed by atoms with Gasteiger partial charge in [0.1, 0.15) is 0 Å². The maximum atomic E-state index is 5.32. The van der Waals surface area contributed by atoms with Crippen LogP contribution in [0.15, 0.2) is 36.0 Å². The van der Waals surface area contributed by atoms with Gasteiger partial charge in [0.05, 0.1) is 9.52 Å². The lowest BCUT2D eigenvalue weighted by Gasteiger charge is -1.96. The molecule has 0 aliphatic rings. The second-order valence-corrected chi connectivity index (χ2v) is 4.62. The zero-order chi connectivity index (χ0) is 9.52. The van der Waals surface area contributed by atoms with Crippen molar-refractivity contribution in [3.05, 3.63) is 41.6 Å². The lowest BCUT2D eigenvalue weighted by Crippen LogP contribution is -2.11. The van der Waals surface area contributed by atoms with Crippen molar-refractivity contribution >= 4 is 14.7 Å². The average molecular weight is 186 g/mol. The summed E-state index contributed by atoms with van der Waals surface area (Å²) in [6.45, 7) is 2.16. The molecule has 0 aliphatic carbocycles. The van der Waals surface area contributed by atoms with Crippen LogP contribution in [0.2, 0.25) is 0 Å². The molecular weight excluding hydrogens is 172 g/mol. The number of hydrogen-bond donors (Lipinski definition) is 0. The maximum absolute atomic E-state index is 5.32. The van der Waals surface area contributed by atoms with Crippen LogP contribution < -0.4 is 5.19 Å². The molecular formula is C12H14Si. The van der Waals surface area contributed by atoms with Crippen molar-refractivity contribution in [1.82, 2.24) is 0 Å². The molecule has 0 spiro atoms. The van der Waals surface area contributed by atoms with Gasteiger partial charge in [0.25, 0.3) is 0 Å². The Hall–Kier alpha value is -1.26. The molecule has 0 bridgehead atoms. The third-order valence-corrected chi connectivity index (χ3v) is 3.33. The summed E-state index contributed by atoms with van der Waals surface area (Å²) in [6, 6.07) is 8.29. The summed E-state index contributed by atoms with van der Waals surface area (Å²) >= 11 is 0. The van der Waals surface area contributed by atoms with Crippen LogP contribution in [0.4, 0.5) is 0 Å². The van der Waals surface area contributed by atoms with Gasteiger partial charge in [0, 0.05) is 5.56 Å². The summed E-state index contributed by atoms with van der Waals surface area (Å²) in [4.78, 5) is 0. The summed E-state index contributed by atoms with van der Waals surface area (Å²) in [5.74, 6) is 2.66. The molecule has 0 fully saturated rings. The van der Waals surface area contributed by atoms with Gasteiger partial charge in [-0.15, -0.1) is 12.1 Å². The molecule has 0 heterocycles. The summed E-state index contributed by atoms with van der Waals surface area (Å²) < 4.78 is 0. The van der Waals surface area contributed by atoms with Gasteiger partial charge in [-0.25, -0.2) is 0 Å². The molecule has 0 atom stereocenters. The molecule has 66 valence electrons. The normalized spacial score (nSPS) is 11.1. The van der Waals surface area contributed by atoms with Crippen molar-refractivity contribution < 1.29 is 0 Å². The summed E-state index contributed by atoms with van der Waals surface area (Å²) in [5, 5.41) is 1.42. The highest BCUT2D eigenvalue weighted by Gasteiger charge is 1.90. The van der Waals surface area contributed by atoms with Crippen molar-refractivity contribution in [2.24, 2.45) is 0 Å². The SMILES string of the molecule is C#Cc1cccc([SiH2]C=CCC)c1. The van der Waals surface area contributed by atoms with Crippen molar-refractivity contribution in [3.8, 4) is 12.3 Å². The zero-order valence-electron chi connectivity index (χ0n) is 7.96. The minimum Gasteiger partial charge on any atom is -0.115 e. The Morgan fingerprint density at radius 1 is 1.54 bits per heavy atom. The molecule has 0 amide bonds. The number of hydrogen-bond acceptors (Lipinski definition) is 0. The Morgan fingerprint density at radius 3 is 3.08 bits per heavy atom. The molecule has 1 aromatic carbocycles. The lowest BCUT2D eigenvalue weighted by molar-refractivity contribution is 1.23. The Balaban J connectivity index is 2.68. The van der Waals surface area contributed by atoms with Crippen molar-refractivity contribution in [1.29, 1.82) is 0 Å². The van der Waals surface area contributed by atoms with E-state index in [0.717, 1.165) is 12.0 Å². The smallest absolute Gasteiger partial charge is 0.0779 e. The third-order valence-electron chi connectivity index (χ3n) is 1.85. The van der Waals surface area contributed by atoms with E-state index < -0.39 is 0 Å². The molecule has 0 nitrogen and oxygen atoms in total. The zero-order valence-corrected chi connectivity index (χ0v) is 9.37. The van der Waals surface area contributed by atoms with Crippen LogP contribution in [0.25, 0.3) is 0 Å². The molecule has 13 heavy (non-hydrogen) atoms. The molecule has 0 saturated carbocycles. The molecule has 1 heteroatoms. The van der Waals surface area contributed by atoms with Crippen molar-refractivity contribution in [2.45, 2.75) is 13.3 Å². The van der Waals surface area contributed by atoms with E-state index in [9.17, 15) is 0 Å². The number of benzene rings is 1. The van der Waals surface area contributed by atoms with Gasteiger partial charge in [0.2, 0.25) is 0 Å². The van der Waals surface area contributed by atoms with E-state index in [1.165, 1.54) is 5.19 Å². The van der Waals surface area contributed by atoms with Crippen LogP contribution >= 0.6 is 0 Å². The highest BCUT2D eigenvalue weighted by atomic mass is 28.2. The van der Waals surface area contributed by atoms with E-state index in [2.05, 4.69) is 36.8 Å². The maximum Gasteiger partial charge on any atom is 0.0779 e. The summed E-state index contributed by atoms with van der Waals surface area (Å²) in [7, 11) is -0.229. The lowest BCUT2D eigenvalue weighted by atomic mass is 10.2. The second-order valence-electron chi connectivity index (χ2n) is 2.93. The van der Waals surface area contributed by atoms with E-state index in [4.69, 9.17) is 6.42 Å². The van der Waals surface area contributed by atoms with Gasteiger partial charge in [-0.1, -0.05) is 36.2 Å². The van der Waals surface area contributed by atoms with E-state index in [0.29, 0.717) is 0 Å². The van der Waals surface area contributed by atoms with E-state index in [1.54, 1.807) is 0 Å². The fourth-order valence-electron chi connectivity index (χ4n) is 1.17. The topological polar surface area (TPSA) is 0 Å². The van der Waals surface area contributed by atoms with Crippen LogP contribution in [-0.4, -0.2) is 9.52 Å². The quantitative estimate of drug-likeness (QED) is 0.494. The van der Waals surface area contributed by atoms with Gasteiger partial charge < -0.3 is 0 Å². The van der Waals surface area contributed by atoms with Crippen LogP contribution in [0.1, 0.15) is 18.9 Å². The molecule has 1 aromatic rings. The van der Waals surface area contributed by atoms with Gasteiger partial charge in [-0.2, -0.15) is 0 Å². The molecule has 0 N–H and O–H groups in total. The Labute approximate surface area is 82.5 Å². The second kappa shape index (κ2) is 5.39. The van der Waals surface area contributed by atoms with Gasteiger partial charge >= 0.3 is 0 Å². The predicted octanol–water partition coefficient (Wildman–Crippen LogP) is 1.39. The first-order chi connectivity index (χ1) is 6.36. The molecule has 0 aromatic heterocycles. The fourth-order valence-corrected chi connectivity index (χ4v) is 2.56. The van der Waals surface area contributed by atoms with Crippen molar-refractivity contribution in [3.63, 3.8) is 0 Å². The predicted molar refractivity (Wildman–Crippen MR) is 62.0 cm³/mol. The first-order valence-electron chi connectivity index (χ1n) is 4.57. The number of terminal acetylenes is 1. The summed E-state index contributed by atoms with van der Waals surface area (Å²) in [6.07, 6.45) is 8.68. The van der Waals surface area contributed by atoms with Crippen LogP contribution in [0.5, 0.6) is 0 Å². The minimum absolute atomic E-state index is 0.229. The summed E-state index contributed by atoms with van der Waals surface area (Å²) in [5.41, 5.74) is 3.31. The largest absolute Gasteiger partial charge is 0.115 e. The molecule has 0 unspecified atom stereocenters. The Morgan fingerprint density at radius 2 is 2.38 bits per heavy atom. The standard InChI is InChI=1S/C12H14Si/c1-3-5-9-13-12-8-6-7-11(4-2)10-12/h2,5-10H,3,13H2,1H3. The molecule has 0 aliphatic heterocycles.